The van der Waals surface area contributed by atoms with Gasteiger partial charge in [0.05, 0.1) is 11.7 Å². The van der Waals surface area contributed by atoms with Gasteiger partial charge >= 0.3 is 0 Å². The third kappa shape index (κ3) is 3.75. The van der Waals surface area contributed by atoms with E-state index < -0.39 is 5.60 Å². The molecule has 2 N–H and O–H groups in total. The maximum atomic E-state index is 10.2. The summed E-state index contributed by atoms with van der Waals surface area (Å²) in [5, 5.41) is 20.3. The van der Waals surface area contributed by atoms with Crippen LogP contribution in [0.15, 0.2) is 0 Å². The Labute approximate surface area is 167 Å². The molecule has 0 spiro atoms. The lowest BCUT2D eigenvalue weighted by Gasteiger charge is -2.56. The lowest BCUT2D eigenvalue weighted by molar-refractivity contribution is -0.0828. The molecular formula is C25H44O2. The zero-order valence-corrected chi connectivity index (χ0v) is 18.3. The fraction of sp³-hybridized carbons (Fsp3) is 1.00. The molecule has 4 aliphatic rings. The number of fused-ring (bicyclic) bond motifs is 5. The Morgan fingerprint density at radius 2 is 1.70 bits per heavy atom. The topological polar surface area (TPSA) is 40.5 Å². The van der Waals surface area contributed by atoms with Crippen molar-refractivity contribution in [2.24, 2.45) is 46.8 Å². The van der Waals surface area contributed by atoms with E-state index in [0.717, 1.165) is 60.7 Å². The minimum atomic E-state index is -0.519. The first-order valence-corrected chi connectivity index (χ1v) is 12.1. The van der Waals surface area contributed by atoms with E-state index in [-0.39, 0.29) is 6.10 Å². The van der Waals surface area contributed by atoms with Crippen LogP contribution >= 0.6 is 0 Å². The van der Waals surface area contributed by atoms with Crippen LogP contribution in [0.2, 0.25) is 0 Å². The van der Waals surface area contributed by atoms with Crippen molar-refractivity contribution >= 4 is 0 Å². The maximum absolute atomic E-state index is 10.2. The molecule has 9 atom stereocenters. The molecule has 0 aromatic carbocycles. The van der Waals surface area contributed by atoms with Crippen LogP contribution in [-0.4, -0.2) is 21.9 Å². The fourth-order valence-corrected chi connectivity index (χ4v) is 8.59. The van der Waals surface area contributed by atoms with Crippen LogP contribution in [0.25, 0.3) is 0 Å². The van der Waals surface area contributed by atoms with Crippen molar-refractivity contribution in [1.29, 1.82) is 0 Å². The van der Waals surface area contributed by atoms with E-state index in [0.29, 0.717) is 5.41 Å². The summed E-state index contributed by atoms with van der Waals surface area (Å²) in [4.78, 5) is 0. The summed E-state index contributed by atoms with van der Waals surface area (Å²) in [5.74, 6) is 6.21. The summed E-state index contributed by atoms with van der Waals surface area (Å²) in [6.07, 6.45) is 14.1. The van der Waals surface area contributed by atoms with Crippen molar-refractivity contribution in [3.8, 4) is 0 Å². The number of hydrogen-bond acceptors (Lipinski definition) is 2. The molecule has 2 heteroatoms. The first-order chi connectivity index (χ1) is 12.7. The molecule has 0 heterocycles. The standard InChI is InChI=1S/C25H44O2/c1-16(11-13-24(2,3)27)22-9-10-23-21-7-5-17-15-18(26)6-8-19(17)20(21)12-14-25(22,23)4/h16-23,26-27H,5-15H2,1-4H3/t16-,17-,18+,19+,20-,21?,22-,23+,25-/m1/s1. The molecule has 156 valence electrons. The lowest BCUT2D eigenvalue weighted by atomic mass is 9.49. The zero-order chi connectivity index (χ0) is 19.4. The number of hydrogen-bond donors (Lipinski definition) is 2. The highest BCUT2D eigenvalue weighted by molar-refractivity contribution is 5.06. The summed E-state index contributed by atoms with van der Waals surface area (Å²) in [7, 11) is 0. The third-order valence-electron chi connectivity index (χ3n) is 9.90. The van der Waals surface area contributed by atoms with Gasteiger partial charge < -0.3 is 10.2 Å². The molecule has 0 bridgehead atoms. The smallest absolute Gasteiger partial charge is 0.0591 e. The minimum absolute atomic E-state index is 0.0101. The highest BCUT2D eigenvalue weighted by Gasteiger charge is 2.57. The van der Waals surface area contributed by atoms with Gasteiger partial charge in [0.15, 0.2) is 0 Å². The maximum Gasteiger partial charge on any atom is 0.0591 e. The van der Waals surface area contributed by atoms with E-state index >= 15 is 0 Å². The Morgan fingerprint density at radius 3 is 2.44 bits per heavy atom. The van der Waals surface area contributed by atoms with Gasteiger partial charge in [-0.1, -0.05) is 13.8 Å². The predicted molar refractivity (Wildman–Crippen MR) is 111 cm³/mol. The molecule has 0 radical (unpaired) electrons. The minimum Gasteiger partial charge on any atom is -0.393 e. The molecular weight excluding hydrogens is 332 g/mol. The molecule has 4 fully saturated rings. The van der Waals surface area contributed by atoms with Crippen molar-refractivity contribution < 1.29 is 10.2 Å². The monoisotopic (exact) mass is 376 g/mol. The van der Waals surface area contributed by atoms with Crippen LogP contribution < -0.4 is 0 Å². The van der Waals surface area contributed by atoms with Gasteiger partial charge in [0.25, 0.3) is 0 Å². The predicted octanol–water partition coefficient (Wildman–Crippen LogP) is 5.80. The second-order valence-corrected chi connectivity index (χ2v) is 12.0. The normalized spacial score (nSPS) is 48.4. The third-order valence-corrected chi connectivity index (χ3v) is 9.90. The highest BCUT2D eigenvalue weighted by atomic mass is 16.3. The van der Waals surface area contributed by atoms with E-state index in [1.807, 2.05) is 13.8 Å². The molecule has 0 aromatic heterocycles. The summed E-state index contributed by atoms with van der Waals surface area (Å²) in [6.45, 7) is 9.03. The quantitative estimate of drug-likeness (QED) is 0.650. The van der Waals surface area contributed by atoms with Crippen LogP contribution in [0.1, 0.15) is 98.3 Å². The van der Waals surface area contributed by atoms with Crippen molar-refractivity contribution in [3.05, 3.63) is 0 Å². The highest BCUT2D eigenvalue weighted by Crippen LogP contribution is 2.65. The van der Waals surface area contributed by atoms with Gasteiger partial charge in [0.1, 0.15) is 0 Å². The molecule has 0 saturated heterocycles. The Morgan fingerprint density at radius 1 is 0.963 bits per heavy atom. The molecule has 2 nitrogen and oxygen atoms in total. The fourth-order valence-electron chi connectivity index (χ4n) is 8.59. The second kappa shape index (κ2) is 7.31. The van der Waals surface area contributed by atoms with E-state index in [4.69, 9.17) is 0 Å². The van der Waals surface area contributed by atoms with Gasteiger partial charge in [-0.15, -0.1) is 0 Å². The summed E-state index contributed by atoms with van der Waals surface area (Å²) >= 11 is 0. The average Bonchev–Trinajstić information content (AvgIpc) is 2.96. The van der Waals surface area contributed by atoms with Crippen molar-refractivity contribution in [2.75, 3.05) is 0 Å². The Kier molecular flexibility index (Phi) is 5.47. The van der Waals surface area contributed by atoms with E-state index in [2.05, 4.69) is 13.8 Å². The van der Waals surface area contributed by atoms with Gasteiger partial charge in [-0.3, -0.25) is 0 Å². The largest absolute Gasteiger partial charge is 0.393 e. The first kappa shape index (κ1) is 20.2. The zero-order valence-electron chi connectivity index (χ0n) is 18.3. The van der Waals surface area contributed by atoms with E-state index in [9.17, 15) is 10.2 Å². The SMILES string of the molecule is C[C@H](CCC(C)(C)O)[C@H]1CC[C@H]2C3CC[C@@H]4C[C@@H](O)CC[C@@H]4[C@H]3CC[C@]12C. The van der Waals surface area contributed by atoms with Crippen molar-refractivity contribution in [2.45, 2.75) is 110 Å². The van der Waals surface area contributed by atoms with E-state index in [1.165, 1.54) is 51.4 Å². The first-order valence-electron chi connectivity index (χ1n) is 12.1. The summed E-state index contributed by atoms with van der Waals surface area (Å²) < 4.78 is 0. The number of aliphatic hydroxyl groups excluding tert-OH is 1. The Balaban J connectivity index is 1.45. The molecule has 0 amide bonds. The van der Waals surface area contributed by atoms with Gasteiger partial charge in [-0.05, 0) is 131 Å². The molecule has 0 aliphatic heterocycles. The van der Waals surface area contributed by atoms with E-state index in [1.54, 1.807) is 0 Å². The molecule has 0 aromatic rings. The van der Waals surface area contributed by atoms with Crippen LogP contribution in [0.4, 0.5) is 0 Å². The average molecular weight is 377 g/mol. The van der Waals surface area contributed by atoms with Crippen molar-refractivity contribution in [3.63, 3.8) is 0 Å². The van der Waals surface area contributed by atoms with Crippen LogP contribution in [0.5, 0.6) is 0 Å². The second-order valence-electron chi connectivity index (χ2n) is 12.0. The van der Waals surface area contributed by atoms with Gasteiger partial charge in [0, 0.05) is 0 Å². The van der Waals surface area contributed by atoms with Gasteiger partial charge in [-0.25, -0.2) is 0 Å². The van der Waals surface area contributed by atoms with Crippen LogP contribution in [0, 0.1) is 46.8 Å². The van der Waals surface area contributed by atoms with Gasteiger partial charge in [0.2, 0.25) is 0 Å². The summed E-state index contributed by atoms with van der Waals surface area (Å²) in [6, 6.07) is 0. The molecule has 4 aliphatic carbocycles. The van der Waals surface area contributed by atoms with Gasteiger partial charge in [-0.2, -0.15) is 0 Å². The summed E-state index contributed by atoms with van der Waals surface area (Å²) in [5.41, 5.74) is 0.0238. The number of aliphatic hydroxyl groups is 2. The number of rotatable bonds is 4. The van der Waals surface area contributed by atoms with Crippen LogP contribution in [-0.2, 0) is 0 Å². The molecule has 27 heavy (non-hydrogen) atoms. The molecule has 1 unspecified atom stereocenters. The Bertz CT molecular complexity index is 523. The Hall–Kier alpha value is -0.0800. The van der Waals surface area contributed by atoms with Crippen LogP contribution in [0.3, 0.4) is 0 Å². The molecule has 4 rings (SSSR count). The van der Waals surface area contributed by atoms with Crippen molar-refractivity contribution in [1.82, 2.24) is 0 Å². The molecule has 4 saturated carbocycles. The lowest BCUT2D eigenvalue weighted by Crippen LogP contribution is -2.49.